The van der Waals surface area contributed by atoms with E-state index in [1.165, 1.54) is 0 Å². The molecule has 2 unspecified atom stereocenters. The van der Waals surface area contributed by atoms with Crippen LogP contribution in [0.5, 0.6) is 0 Å². The summed E-state index contributed by atoms with van der Waals surface area (Å²) in [5, 5.41) is 9.80. The highest BCUT2D eigenvalue weighted by molar-refractivity contribution is 5.96. The van der Waals surface area contributed by atoms with Gasteiger partial charge in [-0.05, 0) is 36.2 Å². The van der Waals surface area contributed by atoms with Gasteiger partial charge in [-0.1, -0.05) is 6.92 Å². The fraction of sp³-hybridized carbons (Fsp3) is 0.700. The Kier molecular flexibility index (Phi) is 3.28. The number of nitrogen functional groups attached to an aromatic ring is 1. The summed E-state index contributed by atoms with van der Waals surface area (Å²) in [6.45, 7) is 4.06. The number of nitrogens with two attached hydrogens (primary N) is 1. The molecule has 0 radical (unpaired) electrons. The van der Waals surface area contributed by atoms with E-state index >= 15 is 0 Å². The van der Waals surface area contributed by atoms with Crippen LogP contribution >= 0.6 is 0 Å². The number of anilines is 1. The fourth-order valence-corrected chi connectivity index (χ4v) is 2.16. The molecule has 2 rings (SSSR count). The first-order chi connectivity index (χ1) is 8.08. The predicted molar refractivity (Wildman–Crippen MR) is 61.2 cm³/mol. The van der Waals surface area contributed by atoms with Gasteiger partial charge in [0.25, 0.3) is 5.91 Å². The minimum Gasteiger partial charge on any atom is -0.379 e. The molecule has 7 nitrogen and oxygen atoms in total. The van der Waals surface area contributed by atoms with E-state index in [1.807, 2.05) is 0 Å². The molecule has 1 saturated heterocycles. The summed E-state index contributed by atoms with van der Waals surface area (Å²) in [7, 11) is 2.08. The molecular formula is C10H17N5O2. The largest absolute Gasteiger partial charge is 0.379 e. The Hall–Kier alpha value is -1.63. The molecule has 2 atom stereocenters. The Bertz CT molecular complexity index is 405. The molecule has 0 aliphatic carbocycles. The number of carbonyl (C=O) groups excluding carboxylic acids is 1. The lowest BCUT2D eigenvalue weighted by Crippen LogP contribution is -2.49. The topological polar surface area (TPSA) is 97.3 Å². The minimum absolute atomic E-state index is 0.0306. The molecule has 1 aromatic heterocycles. The van der Waals surface area contributed by atoms with Gasteiger partial charge in [-0.25, -0.2) is 4.63 Å². The van der Waals surface area contributed by atoms with E-state index in [0.29, 0.717) is 5.92 Å². The van der Waals surface area contributed by atoms with Gasteiger partial charge in [0.05, 0.1) is 0 Å². The molecule has 0 aromatic carbocycles. The summed E-state index contributed by atoms with van der Waals surface area (Å²) in [6.07, 6.45) is 0.925. The molecule has 1 aliphatic rings. The minimum atomic E-state index is -0.315. The number of hydrogen-bond donors (Lipinski definition) is 2. The number of nitrogens with one attached hydrogen (secondary N) is 1. The number of nitrogens with zero attached hydrogens (tertiary/aromatic N) is 3. The number of aromatic nitrogens is 2. The summed E-state index contributed by atoms with van der Waals surface area (Å²) < 4.78 is 4.41. The van der Waals surface area contributed by atoms with E-state index < -0.39 is 0 Å². The van der Waals surface area contributed by atoms with Crippen molar-refractivity contribution in [1.29, 1.82) is 0 Å². The number of hydrogen-bond acceptors (Lipinski definition) is 6. The Morgan fingerprint density at radius 2 is 2.35 bits per heavy atom. The second kappa shape index (κ2) is 4.70. The van der Waals surface area contributed by atoms with Crippen LogP contribution in [-0.4, -0.2) is 47.3 Å². The number of likely N-dealkylation sites (tertiary alicyclic amines) is 1. The van der Waals surface area contributed by atoms with Crippen LogP contribution in [0.1, 0.15) is 23.8 Å². The molecule has 2 heterocycles. The van der Waals surface area contributed by atoms with Gasteiger partial charge in [0.1, 0.15) is 0 Å². The van der Waals surface area contributed by atoms with Crippen LogP contribution in [0.2, 0.25) is 0 Å². The van der Waals surface area contributed by atoms with E-state index in [4.69, 9.17) is 5.73 Å². The Morgan fingerprint density at radius 1 is 1.59 bits per heavy atom. The molecule has 1 amide bonds. The third-order valence-electron chi connectivity index (χ3n) is 3.15. The highest BCUT2D eigenvalue weighted by Gasteiger charge is 2.27. The van der Waals surface area contributed by atoms with Crippen molar-refractivity contribution >= 4 is 11.7 Å². The number of amides is 1. The Balaban J connectivity index is 1.97. The van der Waals surface area contributed by atoms with Gasteiger partial charge in [0, 0.05) is 12.6 Å². The number of carbonyl (C=O) groups is 1. The van der Waals surface area contributed by atoms with Crippen molar-refractivity contribution in [2.24, 2.45) is 5.92 Å². The Labute approximate surface area is 99.3 Å². The second-order valence-corrected chi connectivity index (χ2v) is 4.61. The molecule has 17 heavy (non-hydrogen) atoms. The zero-order valence-corrected chi connectivity index (χ0v) is 10.0. The highest BCUT2D eigenvalue weighted by Crippen LogP contribution is 2.16. The third-order valence-corrected chi connectivity index (χ3v) is 3.15. The molecule has 0 bridgehead atoms. The lowest BCUT2D eigenvalue weighted by molar-refractivity contribution is 0.0874. The number of rotatable bonds is 2. The molecule has 0 spiro atoms. The zero-order valence-electron chi connectivity index (χ0n) is 10.0. The van der Waals surface area contributed by atoms with Gasteiger partial charge in [-0.15, -0.1) is 0 Å². The van der Waals surface area contributed by atoms with Crippen LogP contribution < -0.4 is 11.1 Å². The van der Waals surface area contributed by atoms with E-state index in [2.05, 4.69) is 39.1 Å². The third kappa shape index (κ3) is 2.55. The van der Waals surface area contributed by atoms with E-state index in [-0.39, 0.29) is 23.5 Å². The summed E-state index contributed by atoms with van der Waals surface area (Å²) in [5.74, 6) is 0.118. The first-order valence-electron chi connectivity index (χ1n) is 5.65. The maximum atomic E-state index is 11.9. The molecule has 3 N–H and O–H groups in total. The van der Waals surface area contributed by atoms with Crippen LogP contribution in [0.4, 0.5) is 5.82 Å². The summed E-state index contributed by atoms with van der Waals surface area (Å²) >= 11 is 0. The zero-order chi connectivity index (χ0) is 12.4. The summed E-state index contributed by atoms with van der Waals surface area (Å²) in [4.78, 5) is 14.1. The predicted octanol–water partition coefficient (Wildman–Crippen LogP) is -0.278. The monoisotopic (exact) mass is 239 g/mol. The summed E-state index contributed by atoms with van der Waals surface area (Å²) in [5.41, 5.74) is 5.53. The average Bonchev–Trinajstić information content (AvgIpc) is 2.68. The van der Waals surface area contributed by atoms with Crippen molar-refractivity contribution in [3.05, 3.63) is 5.69 Å². The summed E-state index contributed by atoms with van der Waals surface area (Å²) in [6, 6.07) is 0.148. The van der Waals surface area contributed by atoms with Crippen LogP contribution in [0.3, 0.4) is 0 Å². The highest BCUT2D eigenvalue weighted by atomic mass is 16.6. The molecular weight excluding hydrogens is 222 g/mol. The van der Waals surface area contributed by atoms with Gasteiger partial charge < -0.3 is 16.0 Å². The van der Waals surface area contributed by atoms with E-state index in [0.717, 1.165) is 19.5 Å². The second-order valence-electron chi connectivity index (χ2n) is 4.61. The van der Waals surface area contributed by atoms with Crippen molar-refractivity contribution in [3.63, 3.8) is 0 Å². The Morgan fingerprint density at radius 3 is 2.94 bits per heavy atom. The van der Waals surface area contributed by atoms with Crippen molar-refractivity contribution in [1.82, 2.24) is 20.5 Å². The standard InChI is InChI=1S/C10H17N5O2/c1-6-5-15(2)4-3-7(6)12-10(16)8-9(11)14-17-13-8/h6-7H,3-5H2,1-2H3,(H2,11,14)(H,12,16). The molecule has 94 valence electrons. The van der Waals surface area contributed by atoms with Crippen LogP contribution in [0.25, 0.3) is 0 Å². The van der Waals surface area contributed by atoms with Crippen molar-refractivity contribution < 1.29 is 9.42 Å². The van der Waals surface area contributed by atoms with Crippen molar-refractivity contribution in [2.45, 2.75) is 19.4 Å². The molecule has 7 heteroatoms. The van der Waals surface area contributed by atoms with Crippen LogP contribution in [-0.2, 0) is 0 Å². The lowest BCUT2D eigenvalue weighted by atomic mass is 9.94. The lowest BCUT2D eigenvalue weighted by Gasteiger charge is -2.34. The maximum Gasteiger partial charge on any atom is 0.277 e. The van der Waals surface area contributed by atoms with E-state index in [9.17, 15) is 4.79 Å². The molecule has 1 aliphatic heterocycles. The van der Waals surface area contributed by atoms with Crippen molar-refractivity contribution in [2.75, 3.05) is 25.9 Å². The fourth-order valence-electron chi connectivity index (χ4n) is 2.16. The first-order valence-corrected chi connectivity index (χ1v) is 5.65. The molecule has 1 fully saturated rings. The maximum absolute atomic E-state index is 11.9. The molecule has 1 aromatic rings. The average molecular weight is 239 g/mol. The van der Waals surface area contributed by atoms with Crippen LogP contribution in [0.15, 0.2) is 4.63 Å². The smallest absolute Gasteiger partial charge is 0.277 e. The van der Waals surface area contributed by atoms with Gasteiger partial charge >= 0.3 is 0 Å². The first kappa shape index (κ1) is 11.8. The van der Waals surface area contributed by atoms with Gasteiger partial charge in [0.2, 0.25) is 11.5 Å². The molecule has 0 saturated carbocycles. The number of piperidine rings is 1. The van der Waals surface area contributed by atoms with Gasteiger partial charge in [-0.2, -0.15) is 0 Å². The quantitative estimate of drug-likeness (QED) is 0.736. The van der Waals surface area contributed by atoms with Crippen LogP contribution in [0, 0.1) is 5.92 Å². The van der Waals surface area contributed by atoms with E-state index in [1.54, 1.807) is 0 Å². The van der Waals surface area contributed by atoms with Gasteiger partial charge in [-0.3, -0.25) is 4.79 Å². The van der Waals surface area contributed by atoms with Crippen molar-refractivity contribution in [3.8, 4) is 0 Å². The SMILES string of the molecule is CC1CN(C)CCC1NC(=O)c1nonc1N. The normalized spacial score (nSPS) is 25.8. The van der Waals surface area contributed by atoms with Gasteiger partial charge in [0.15, 0.2) is 0 Å².